The highest BCUT2D eigenvalue weighted by atomic mass is 19.4. The Bertz CT molecular complexity index is 746. The van der Waals surface area contributed by atoms with Gasteiger partial charge in [0.05, 0.1) is 37.1 Å². The van der Waals surface area contributed by atoms with Crippen LogP contribution in [0.5, 0.6) is 0 Å². The molecule has 2 aliphatic rings. The number of carboxylic acids is 1. The number of nitrogens with zero attached hydrogens (tertiary/aromatic N) is 2. The van der Waals surface area contributed by atoms with Gasteiger partial charge in [0, 0.05) is 25.3 Å². The fourth-order valence-corrected chi connectivity index (χ4v) is 3.71. The first-order valence-corrected chi connectivity index (χ1v) is 9.51. The third-order valence-electron chi connectivity index (χ3n) is 5.16. The lowest BCUT2D eigenvalue weighted by molar-refractivity contribution is -0.192. The summed E-state index contributed by atoms with van der Waals surface area (Å²) in [5.41, 5.74) is -0.261. The van der Waals surface area contributed by atoms with E-state index in [-0.39, 0.29) is 17.1 Å². The molecule has 7 nitrogen and oxygen atoms in total. The van der Waals surface area contributed by atoms with Gasteiger partial charge in [0.25, 0.3) is 5.91 Å². The van der Waals surface area contributed by atoms with Crippen LogP contribution in [-0.4, -0.2) is 71.6 Å². The summed E-state index contributed by atoms with van der Waals surface area (Å²) in [6.07, 6.45) is 0.485. The molecule has 0 radical (unpaired) electrons. The van der Waals surface area contributed by atoms with Crippen molar-refractivity contribution in [2.24, 2.45) is 5.92 Å². The number of ether oxygens (including phenoxy) is 2. The Hall–Kier alpha value is -2.27. The lowest BCUT2D eigenvalue weighted by atomic mass is 9.89. The molecule has 1 spiro atoms. The minimum Gasteiger partial charge on any atom is -0.475 e. The first-order valence-electron chi connectivity index (χ1n) is 9.51. The second-order valence-corrected chi connectivity index (χ2v) is 7.05. The van der Waals surface area contributed by atoms with Gasteiger partial charge in [-0.15, -0.1) is 0 Å². The summed E-state index contributed by atoms with van der Waals surface area (Å²) >= 11 is 0. The van der Waals surface area contributed by atoms with Gasteiger partial charge in [0.1, 0.15) is 0 Å². The topological polar surface area (TPSA) is 89.0 Å². The number of carboxylic acid groups (broad SMARTS) is 1. The van der Waals surface area contributed by atoms with Crippen LogP contribution in [-0.2, 0) is 14.3 Å². The van der Waals surface area contributed by atoms with E-state index in [0.29, 0.717) is 38.8 Å². The third kappa shape index (κ3) is 5.88. The molecule has 2 fully saturated rings. The zero-order valence-corrected chi connectivity index (χ0v) is 16.5. The number of morpholine rings is 1. The Morgan fingerprint density at radius 2 is 2.13 bits per heavy atom. The van der Waals surface area contributed by atoms with Gasteiger partial charge in [-0.3, -0.25) is 9.78 Å². The Labute approximate surface area is 171 Å². The highest BCUT2D eigenvalue weighted by molar-refractivity contribution is 5.94. The number of alkyl halides is 3. The van der Waals surface area contributed by atoms with Gasteiger partial charge in [-0.1, -0.05) is 6.42 Å². The van der Waals surface area contributed by atoms with E-state index in [1.54, 1.807) is 4.90 Å². The molecule has 0 bridgehead atoms. The summed E-state index contributed by atoms with van der Waals surface area (Å²) in [6, 6.07) is 1.44. The normalized spacial score (nSPS) is 23.8. The standard InChI is InChI=1S/C17H23FN2O3.C2HF3O2/c1-2-22-11-13-4-3-6-17(13)12-20(8-9-23-17)16(21)14-5-7-19-10-15(14)18;3-2(4,5)1(6)7/h5,7,10,13H,2-4,6,8-9,11-12H2,1H3;(H,6,7)/t13-,17+;/m1./s1. The molecule has 2 atom stereocenters. The van der Waals surface area contributed by atoms with Crippen molar-refractivity contribution < 1.29 is 41.7 Å². The molecule has 1 aromatic rings. The average Bonchev–Trinajstić information content (AvgIpc) is 3.07. The highest BCUT2D eigenvalue weighted by Gasteiger charge is 2.48. The van der Waals surface area contributed by atoms with Crippen LogP contribution < -0.4 is 0 Å². The van der Waals surface area contributed by atoms with Gasteiger partial charge in [0.2, 0.25) is 0 Å². The maximum absolute atomic E-state index is 13.8. The summed E-state index contributed by atoms with van der Waals surface area (Å²) in [7, 11) is 0. The summed E-state index contributed by atoms with van der Waals surface area (Å²) in [6.45, 7) is 4.79. The van der Waals surface area contributed by atoms with Crippen molar-refractivity contribution in [2.75, 3.05) is 32.9 Å². The average molecular weight is 436 g/mol. The van der Waals surface area contributed by atoms with Crippen LogP contribution in [0.4, 0.5) is 17.6 Å². The van der Waals surface area contributed by atoms with Crippen molar-refractivity contribution in [2.45, 2.75) is 38.0 Å². The van der Waals surface area contributed by atoms with Gasteiger partial charge in [-0.2, -0.15) is 13.2 Å². The van der Waals surface area contributed by atoms with Crippen LogP contribution in [0.1, 0.15) is 36.5 Å². The van der Waals surface area contributed by atoms with E-state index >= 15 is 0 Å². The summed E-state index contributed by atoms with van der Waals surface area (Å²) < 4.78 is 57.3. The Morgan fingerprint density at radius 3 is 2.73 bits per heavy atom. The Kier molecular flexibility index (Phi) is 8.13. The van der Waals surface area contributed by atoms with Crippen molar-refractivity contribution in [1.82, 2.24) is 9.88 Å². The number of carbonyl (C=O) groups excluding carboxylic acids is 1. The van der Waals surface area contributed by atoms with Gasteiger partial charge in [-0.05, 0) is 25.8 Å². The van der Waals surface area contributed by atoms with E-state index in [1.807, 2.05) is 6.92 Å². The summed E-state index contributed by atoms with van der Waals surface area (Å²) in [5, 5.41) is 7.12. The monoisotopic (exact) mass is 436 g/mol. The molecular formula is C19H24F4N2O5. The summed E-state index contributed by atoms with van der Waals surface area (Å²) in [4.78, 5) is 27.0. The van der Waals surface area contributed by atoms with Crippen LogP contribution in [0.15, 0.2) is 18.5 Å². The fourth-order valence-electron chi connectivity index (χ4n) is 3.71. The van der Waals surface area contributed by atoms with E-state index in [0.717, 1.165) is 25.5 Å². The fraction of sp³-hybridized carbons (Fsp3) is 0.632. The first kappa shape index (κ1) is 24.0. The predicted octanol–water partition coefficient (Wildman–Crippen LogP) is 2.90. The number of aliphatic carboxylic acids is 1. The van der Waals surface area contributed by atoms with Crippen LogP contribution in [0, 0.1) is 11.7 Å². The SMILES string of the molecule is CCOC[C@H]1CCC[C@]12CN(C(=O)c1ccncc1F)CCO2.O=C(O)C(F)(F)F. The quantitative estimate of drug-likeness (QED) is 0.731. The van der Waals surface area contributed by atoms with Gasteiger partial charge in [-0.25, -0.2) is 9.18 Å². The molecule has 0 unspecified atom stereocenters. The van der Waals surface area contributed by atoms with Crippen molar-refractivity contribution in [1.29, 1.82) is 0 Å². The zero-order chi connectivity index (χ0) is 22.4. The molecule has 1 saturated heterocycles. The molecule has 1 saturated carbocycles. The molecule has 2 heterocycles. The zero-order valence-electron chi connectivity index (χ0n) is 16.5. The van der Waals surface area contributed by atoms with Crippen molar-refractivity contribution in [3.8, 4) is 0 Å². The largest absolute Gasteiger partial charge is 0.490 e. The number of hydrogen-bond acceptors (Lipinski definition) is 5. The van der Waals surface area contributed by atoms with E-state index in [1.165, 1.54) is 12.3 Å². The van der Waals surface area contributed by atoms with E-state index < -0.39 is 18.0 Å². The molecule has 168 valence electrons. The predicted molar refractivity (Wildman–Crippen MR) is 96.3 cm³/mol. The van der Waals surface area contributed by atoms with Gasteiger partial charge < -0.3 is 19.5 Å². The second-order valence-electron chi connectivity index (χ2n) is 7.05. The van der Waals surface area contributed by atoms with Crippen LogP contribution in [0.2, 0.25) is 0 Å². The summed E-state index contributed by atoms with van der Waals surface area (Å²) in [5.74, 6) is -3.32. The lowest BCUT2D eigenvalue weighted by Crippen LogP contribution is -2.56. The van der Waals surface area contributed by atoms with Crippen molar-refractivity contribution >= 4 is 11.9 Å². The van der Waals surface area contributed by atoms with E-state index in [4.69, 9.17) is 19.4 Å². The Morgan fingerprint density at radius 1 is 1.43 bits per heavy atom. The first-order chi connectivity index (χ1) is 14.1. The number of halogens is 4. The number of rotatable bonds is 4. The van der Waals surface area contributed by atoms with Crippen LogP contribution >= 0.6 is 0 Å². The number of amides is 1. The molecule has 1 amide bonds. The van der Waals surface area contributed by atoms with Crippen molar-refractivity contribution in [3.05, 3.63) is 29.8 Å². The lowest BCUT2D eigenvalue weighted by Gasteiger charge is -2.44. The van der Waals surface area contributed by atoms with E-state index in [9.17, 15) is 22.4 Å². The molecule has 1 N–H and O–H groups in total. The van der Waals surface area contributed by atoms with Crippen LogP contribution in [0.25, 0.3) is 0 Å². The minimum absolute atomic E-state index is 0.0800. The molecule has 0 aromatic carbocycles. The molecule has 11 heteroatoms. The smallest absolute Gasteiger partial charge is 0.475 e. The molecule has 3 rings (SSSR count). The number of aromatic nitrogens is 1. The molecule has 1 aliphatic heterocycles. The maximum atomic E-state index is 13.8. The number of pyridine rings is 1. The molecule has 30 heavy (non-hydrogen) atoms. The minimum atomic E-state index is -5.08. The Balaban J connectivity index is 0.000000396. The molecule has 1 aliphatic carbocycles. The van der Waals surface area contributed by atoms with Crippen molar-refractivity contribution in [3.63, 3.8) is 0 Å². The highest BCUT2D eigenvalue weighted by Crippen LogP contribution is 2.41. The van der Waals surface area contributed by atoms with Gasteiger partial charge >= 0.3 is 12.1 Å². The van der Waals surface area contributed by atoms with Crippen LogP contribution in [0.3, 0.4) is 0 Å². The van der Waals surface area contributed by atoms with E-state index in [2.05, 4.69) is 4.98 Å². The maximum Gasteiger partial charge on any atom is 0.490 e. The third-order valence-corrected chi connectivity index (χ3v) is 5.16. The molecular weight excluding hydrogens is 412 g/mol. The number of hydrogen-bond donors (Lipinski definition) is 1. The molecule has 1 aromatic heterocycles. The second kappa shape index (κ2) is 10.2. The number of carbonyl (C=O) groups is 2. The van der Waals surface area contributed by atoms with Gasteiger partial charge in [0.15, 0.2) is 5.82 Å².